The van der Waals surface area contributed by atoms with Crippen molar-refractivity contribution >= 4 is 34.3 Å². The van der Waals surface area contributed by atoms with Gasteiger partial charge in [-0.15, -0.1) is 8.78 Å². The SMILES string of the molecule is CC(C)C[C@H](ONC(=O)[C@@H](COCc1ccccc1)ONC(=O)c1cccc2cccnc12)C(=O)Nc1ccc2c(c1)OC(F)(F)O2. The fourth-order valence-electron chi connectivity index (χ4n) is 4.57. The van der Waals surface area contributed by atoms with Crippen molar-refractivity contribution in [3.05, 3.63) is 96.2 Å². The fourth-order valence-corrected chi connectivity index (χ4v) is 4.57. The molecule has 5 rings (SSSR count). The third kappa shape index (κ3) is 8.97. The van der Waals surface area contributed by atoms with E-state index in [0.717, 1.165) is 10.9 Å². The van der Waals surface area contributed by atoms with E-state index in [2.05, 4.69) is 30.7 Å². The van der Waals surface area contributed by atoms with E-state index < -0.39 is 36.2 Å². The second-order valence-electron chi connectivity index (χ2n) is 10.9. The van der Waals surface area contributed by atoms with Gasteiger partial charge in [0, 0.05) is 23.3 Å². The van der Waals surface area contributed by atoms with Gasteiger partial charge < -0.3 is 19.5 Å². The van der Waals surface area contributed by atoms with E-state index in [9.17, 15) is 23.2 Å². The van der Waals surface area contributed by atoms with Crippen LogP contribution in [0, 0.1) is 5.92 Å². The molecule has 246 valence electrons. The number of anilines is 1. The molecule has 3 N–H and O–H groups in total. The summed E-state index contributed by atoms with van der Waals surface area (Å²) < 4.78 is 41.4. The van der Waals surface area contributed by atoms with Gasteiger partial charge >= 0.3 is 6.29 Å². The highest BCUT2D eigenvalue weighted by atomic mass is 19.3. The molecule has 0 bridgehead atoms. The van der Waals surface area contributed by atoms with Crippen molar-refractivity contribution in [1.29, 1.82) is 0 Å². The van der Waals surface area contributed by atoms with Crippen LogP contribution in [0.25, 0.3) is 10.9 Å². The van der Waals surface area contributed by atoms with Crippen LogP contribution in [0.1, 0.15) is 36.2 Å². The number of rotatable bonds is 14. The Hall–Kier alpha value is -5.18. The molecule has 12 nitrogen and oxygen atoms in total. The third-order valence-corrected chi connectivity index (χ3v) is 6.79. The minimum Gasteiger partial charge on any atom is -0.395 e. The molecule has 1 aliphatic heterocycles. The van der Waals surface area contributed by atoms with Gasteiger partial charge in [-0.05, 0) is 42.2 Å². The molecular formula is C33H32F2N4O8. The van der Waals surface area contributed by atoms with Crippen LogP contribution in [-0.2, 0) is 30.6 Å². The number of fused-ring (bicyclic) bond motifs is 2. The van der Waals surface area contributed by atoms with Crippen molar-refractivity contribution in [2.45, 2.75) is 45.4 Å². The Kier molecular flexibility index (Phi) is 10.6. The minimum atomic E-state index is -3.81. The molecular weight excluding hydrogens is 618 g/mol. The van der Waals surface area contributed by atoms with Crippen LogP contribution in [0.4, 0.5) is 14.5 Å². The number of hydroxylamine groups is 2. The first-order valence-electron chi connectivity index (χ1n) is 14.7. The van der Waals surface area contributed by atoms with E-state index in [1.165, 1.54) is 18.2 Å². The minimum absolute atomic E-state index is 0.0482. The summed E-state index contributed by atoms with van der Waals surface area (Å²) in [7, 11) is 0. The lowest BCUT2D eigenvalue weighted by Crippen LogP contribution is -2.46. The van der Waals surface area contributed by atoms with Gasteiger partial charge in [-0.1, -0.05) is 62.4 Å². The number of carbonyl (C=O) groups excluding carboxylic acids is 3. The van der Waals surface area contributed by atoms with Gasteiger partial charge in [0.05, 0.1) is 24.3 Å². The van der Waals surface area contributed by atoms with E-state index in [4.69, 9.17) is 14.4 Å². The van der Waals surface area contributed by atoms with Crippen LogP contribution in [0.15, 0.2) is 85.1 Å². The highest BCUT2D eigenvalue weighted by Crippen LogP contribution is 2.42. The molecule has 0 saturated carbocycles. The Morgan fingerprint density at radius 1 is 0.851 bits per heavy atom. The van der Waals surface area contributed by atoms with Gasteiger partial charge in [0.25, 0.3) is 17.7 Å². The lowest BCUT2D eigenvalue weighted by molar-refractivity contribution is -0.286. The second-order valence-corrected chi connectivity index (χ2v) is 10.9. The molecule has 0 spiro atoms. The van der Waals surface area contributed by atoms with E-state index >= 15 is 0 Å². The number of benzene rings is 3. The Morgan fingerprint density at radius 3 is 2.38 bits per heavy atom. The molecule has 2 heterocycles. The van der Waals surface area contributed by atoms with Crippen LogP contribution >= 0.6 is 0 Å². The fraction of sp³-hybridized carbons (Fsp3) is 0.273. The molecule has 4 aromatic rings. The normalized spacial score (nSPS) is 14.4. The zero-order valence-corrected chi connectivity index (χ0v) is 25.4. The number of ether oxygens (including phenoxy) is 3. The van der Waals surface area contributed by atoms with Crippen LogP contribution in [0.3, 0.4) is 0 Å². The molecule has 3 aromatic carbocycles. The zero-order chi connectivity index (χ0) is 33.4. The van der Waals surface area contributed by atoms with Crippen molar-refractivity contribution in [3.63, 3.8) is 0 Å². The summed E-state index contributed by atoms with van der Waals surface area (Å²) in [5, 5.41) is 3.31. The molecule has 1 aliphatic rings. The van der Waals surface area contributed by atoms with Gasteiger partial charge in [-0.25, -0.2) is 11.0 Å². The largest absolute Gasteiger partial charge is 0.586 e. The number of pyridine rings is 1. The van der Waals surface area contributed by atoms with Crippen LogP contribution < -0.4 is 25.8 Å². The maximum Gasteiger partial charge on any atom is 0.586 e. The topological polar surface area (TPSA) is 146 Å². The third-order valence-electron chi connectivity index (χ3n) is 6.79. The summed E-state index contributed by atoms with van der Waals surface area (Å²) in [6, 6.07) is 21.6. The lowest BCUT2D eigenvalue weighted by Gasteiger charge is -2.22. The molecule has 2 atom stereocenters. The van der Waals surface area contributed by atoms with Crippen molar-refractivity contribution in [2.75, 3.05) is 11.9 Å². The summed E-state index contributed by atoms with van der Waals surface area (Å²) in [5.74, 6) is -2.64. The molecule has 0 unspecified atom stereocenters. The summed E-state index contributed by atoms with van der Waals surface area (Å²) in [5.41, 5.74) is 6.18. The number of carbonyl (C=O) groups is 3. The van der Waals surface area contributed by atoms with Crippen molar-refractivity contribution in [1.82, 2.24) is 15.9 Å². The molecule has 14 heteroatoms. The van der Waals surface area contributed by atoms with E-state index in [1.807, 2.05) is 44.2 Å². The first kappa shape index (κ1) is 33.2. The number of hydrogen-bond acceptors (Lipinski definition) is 9. The Balaban J connectivity index is 1.24. The van der Waals surface area contributed by atoms with E-state index in [0.29, 0.717) is 5.52 Å². The number of aromatic nitrogens is 1. The van der Waals surface area contributed by atoms with Gasteiger partial charge in [-0.3, -0.25) is 29.0 Å². The van der Waals surface area contributed by atoms with Crippen molar-refractivity contribution in [2.24, 2.45) is 5.92 Å². The van der Waals surface area contributed by atoms with E-state index in [-0.39, 0.29) is 48.3 Å². The maximum atomic E-state index is 13.4. The number of nitrogens with one attached hydrogen (secondary N) is 3. The molecule has 3 amide bonds. The van der Waals surface area contributed by atoms with Gasteiger partial charge in [0.15, 0.2) is 23.7 Å². The number of amides is 3. The molecule has 0 aliphatic carbocycles. The highest BCUT2D eigenvalue weighted by Gasteiger charge is 2.43. The molecule has 0 fully saturated rings. The Bertz CT molecular complexity index is 1720. The lowest BCUT2D eigenvalue weighted by atomic mass is 10.1. The van der Waals surface area contributed by atoms with Crippen LogP contribution in [0.5, 0.6) is 11.5 Å². The molecule has 0 radical (unpaired) electrons. The highest BCUT2D eigenvalue weighted by molar-refractivity contribution is 6.05. The van der Waals surface area contributed by atoms with Gasteiger partial charge in [0.2, 0.25) is 0 Å². The van der Waals surface area contributed by atoms with Crippen molar-refractivity contribution < 1.29 is 47.1 Å². The molecule has 0 saturated heterocycles. The van der Waals surface area contributed by atoms with Gasteiger partial charge in [0.1, 0.15) is 0 Å². The Labute approximate surface area is 268 Å². The standard InChI is InChI=1S/C33H32F2N4O8/c1-20(2)16-27(31(41)37-23-13-14-25-26(17-23)45-33(34,35)44-25)46-39-32(42)28(19-43-18-21-8-4-3-5-9-21)47-38-30(40)24-12-6-10-22-11-7-15-36-29(22)24/h3-15,17,20,27-28H,16,18-19H2,1-2H3,(H,37,41)(H,38,40)(H,39,42)/t27-,28+/m0/s1. The molecule has 47 heavy (non-hydrogen) atoms. The van der Waals surface area contributed by atoms with Crippen molar-refractivity contribution in [3.8, 4) is 11.5 Å². The average molecular weight is 651 g/mol. The predicted octanol–water partition coefficient (Wildman–Crippen LogP) is 4.90. The average Bonchev–Trinajstić information content (AvgIpc) is 3.37. The first-order valence-corrected chi connectivity index (χ1v) is 14.7. The number of halogens is 2. The van der Waals surface area contributed by atoms with Crippen LogP contribution in [-0.4, -0.2) is 47.8 Å². The quantitative estimate of drug-likeness (QED) is 0.162. The summed E-state index contributed by atoms with van der Waals surface area (Å²) in [4.78, 5) is 54.7. The monoisotopic (exact) mass is 650 g/mol. The number of alkyl halides is 2. The van der Waals surface area contributed by atoms with Crippen LogP contribution in [0.2, 0.25) is 0 Å². The smallest absolute Gasteiger partial charge is 0.395 e. The zero-order valence-electron chi connectivity index (χ0n) is 25.4. The predicted molar refractivity (Wildman–Crippen MR) is 164 cm³/mol. The number of nitrogens with zero attached hydrogens (tertiary/aromatic N) is 1. The number of hydrogen-bond donors (Lipinski definition) is 3. The maximum absolute atomic E-state index is 13.4. The summed E-state index contributed by atoms with van der Waals surface area (Å²) in [6.45, 7) is 3.54. The second kappa shape index (κ2) is 14.9. The number of para-hydroxylation sites is 1. The van der Waals surface area contributed by atoms with E-state index in [1.54, 1.807) is 36.5 Å². The Morgan fingerprint density at radius 2 is 1.60 bits per heavy atom. The molecule has 1 aromatic heterocycles. The summed E-state index contributed by atoms with van der Waals surface area (Å²) >= 11 is 0. The van der Waals surface area contributed by atoms with Gasteiger partial charge in [-0.2, -0.15) is 0 Å². The summed E-state index contributed by atoms with van der Waals surface area (Å²) in [6.07, 6.45) is -4.68. The first-order chi connectivity index (χ1) is 22.6.